The summed E-state index contributed by atoms with van der Waals surface area (Å²) in [5, 5.41) is 4.35. The van der Waals surface area contributed by atoms with Gasteiger partial charge in [0.2, 0.25) is 0 Å². The van der Waals surface area contributed by atoms with Crippen molar-refractivity contribution in [2.75, 3.05) is 4.90 Å². The standard InChI is InChI=1S/C21H16Cl2F3N3O/c1-28-10-15(19(27-28)20(25)26)21(30)29(13-4-5-13)18-7-3-12(24)9-14(18)11-2-6-16(22)17(23)8-11/h2-3,6-10,13,20H,4-5H2,1H3. The van der Waals surface area contributed by atoms with Gasteiger partial charge in [0.25, 0.3) is 12.3 Å². The Morgan fingerprint density at radius 2 is 1.90 bits per heavy atom. The molecular weight excluding hydrogens is 438 g/mol. The summed E-state index contributed by atoms with van der Waals surface area (Å²) in [5.41, 5.74) is 0.621. The monoisotopic (exact) mass is 453 g/mol. The summed E-state index contributed by atoms with van der Waals surface area (Å²) in [5.74, 6) is -1.11. The average Bonchev–Trinajstić information content (AvgIpc) is 3.45. The van der Waals surface area contributed by atoms with Gasteiger partial charge in [-0.05, 0) is 48.7 Å². The van der Waals surface area contributed by atoms with Crippen LogP contribution in [0.2, 0.25) is 10.0 Å². The lowest BCUT2D eigenvalue weighted by atomic mass is 10.0. The van der Waals surface area contributed by atoms with E-state index in [9.17, 15) is 18.0 Å². The topological polar surface area (TPSA) is 38.1 Å². The van der Waals surface area contributed by atoms with E-state index in [1.165, 1.54) is 41.0 Å². The first kappa shape index (κ1) is 20.8. The smallest absolute Gasteiger partial charge is 0.282 e. The molecule has 1 amide bonds. The van der Waals surface area contributed by atoms with E-state index in [1.54, 1.807) is 18.2 Å². The lowest BCUT2D eigenvalue weighted by molar-refractivity contribution is 0.0970. The second-order valence-corrected chi connectivity index (χ2v) is 7.91. The van der Waals surface area contributed by atoms with Crippen LogP contribution in [-0.2, 0) is 7.05 Å². The molecule has 0 saturated heterocycles. The first-order chi connectivity index (χ1) is 14.3. The molecule has 0 radical (unpaired) electrons. The second-order valence-electron chi connectivity index (χ2n) is 7.10. The third-order valence-corrected chi connectivity index (χ3v) is 5.61. The van der Waals surface area contributed by atoms with E-state index >= 15 is 0 Å². The summed E-state index contributed by atoms with van der Waals surface area (Å²) >= 11 is 12.1. The Hall–Kier alpha value is -2.51. The molecule has 1 saturated carbocycles. The van der Waals surface area contributed by atoms with E-state index in [1.807, 2.05) is 0 Å². The zero-order valence-electron chi connectivity index (χ0n) is 15.8. The molecule has 2 aromatic carbocycles. The van der Waals surface area contributed by atoms with Crippen molar-refractivity contribution in [1.82, 2.24) is 9.78 Å². The van der Waals surface area contributed by atoms with Crippen molar-refractivity contribution in [2.24, 2.45) is 7.05 Å². The number of halogens is 5. The molecule has 156 valence electrons. The van der Waals surface area contributed by atoms with Crippen molar-refractivity contribution in [3.05, 3.63) is 69.7 Å². The lowest BCUT2D eigenvalue weighted by Crippen LogP contribution is -2.34. The van der Waals surface area contributed by atoms with Gasteiger partial charge in [-0.1, -0.05) is 29.3 Å². The zero-order valence-corrected chi connectivity index (χ0v) is 17.3. The molecule has 0 bridgehead atoms. The fourth-order valence-corrected chi connectivity index (χ4v) is 3.68. The van der Waals surface area contributed by atoms with Gasteiger partial charge in [-0.15, -0.1) is 0 Å². The molecule has 0 N–H and O–H groups in total. The van der Waals surface area contributed by atoms with E-state index in [-0.39, 0.29) is 16.6 Å². The van der Waals surface area contributed by atoms with Crippen LogP contribution in [0.15, 0.2) is 42.6 Å². The highest BCUT2D eigenvalue weighted by Crippen LogP contribution is 2.41. The number of hydrogen-bond acceptors (Lipinski definition) is 2. The van der Waals surface area contributed by atoms with Crippen LogP contribution in [0.4, 0.5) is 18.9 Å². The van der Waals surface area contributed by atoms with Crippen LogP contribution in [0.5, 0.6) is 0 Å². The van der Waals surface area contributed by atoms with Crippen molar-refractivity contribution < 1.29 is 18.0 Å². The summed E-state index contributed by atoms with van der Waals surface area (Å²) in [6.45, 7) is 0. The number of hydrogen-bond donors (Lipinski definition) is 0. The minimum atomic E-state index is -2.89. The Balaban J connectivity index is 1.85. The predicted octanol–water partition coefficient (Wildman–Crippen LogP) is 6.28. The minimum absolute atomic E-state index is 0.171. The van der Waals surface area contributed by atoms with Crippen molar-refractivity contribution in [1.29, 1.82) is 0 Å². The van der Waals surface area contributed by atoms with Gasteiger partial charge in [0.05, 0.1) is 21.3 Å². The molecule has 1 aromatic heterocycles. The fourth-order valence-electron chi connectivity index (χ4n) is 3.38. The highest BCUT2D eigenvalue weighted by Gasteiger charge is 2.38. The highest BCUT2D eigenvalue weighted by atomic mass is 35.5. The Kier molecular flexibility index (Phi) is 5.51. The van der Waals surface area contributed by atoms with Crippen molar-refractivity contribution >= 4 is 34.8 Å². The van der Waals surface area contributed by atoms with Crippen molar-refractivity contribution in [2.45, 2.75) is 25.3 Å². The van der Waals surface area contributed by atoms with E-state index < -0.39 is 23.8 Å². The number of rotatable bonds is 5. The fraction of sp³-hybridized carbons (Fsp3) is 0.238. The van der Waals surface area contributed by atoms with Crippen LogP contribution in [0.3, 0.4) is 0 Å². The number of nitrogens with zero attached hydrogens (tertiary/aromatic N) is 3. The Morgan fingerprint density at radius 1 is 1.17 bits per heavy atom. The van der Waals surface area contributed by atoms with Crippen LogP contribution in [0.25, 0.3) is 11.1 Å². The van der Waals surface area contributed by atoms with Gasteiger partial charge in [0.15, 0.2) is 0 Å². The average molecular weight is 454 g/mol. The normalized spacial score (nSPS) is 13.7. The van der Waals surface area contributed by atoms with E-state index in [0.717, 1.165) is 0 Å². The summed E-state index contributed by atoms with van der Waals surface area (Å²) < 4.78 is 42.2. The molecule has 9 heteroatoms. The van der Waals surface area contributed by atoms with Crippen LogP contribution in [0, 0.1) is 5.82 Å². The molecular formula is C21H16Cl2F3N3O. The molecule has 1 heterocycles. The first-order valence-corrected chi connectivity index (χ1v) is 9.92. The van der Waals surface area contributed by atoms with E-state index in [0.29, 0.717) is 34.7 Å². The second kappa shape index (κ2) is 7.96. The summed E-state index contributed by atoms with van der Waals surface area (Å²) in [6.07, 6.45) is -0.182. The summed E-state index contributed by atoms with van der Waals surface area (Å²) in [6, 6.07) is 8.64. The number of aromatic nitrogens is 2. The maximum Gasteiger partial charge on any atom is 0.282 e. The van der Waals surface area contributed by atoms with Crippen LogP contribution < -0.4 is 4.90 Å². The quantitative estimate of drug-likeness (QED) is 0.455. The number of benzene rings is 2. The predicted molar refractivity (Wildman–Crippen MR) is 110 cm³/mol. The maximum absolute atomic E-state index is 14.1. The zero-order chi connectivity index (χ0) is 21.6. The largest absolute Gasteiger partial charge is 0.305 e. The molecule has 4 nitrogen and oxygen atoms in total. The number of carbonyl (C=O) groups is 1. The van der Waals surface area contributed by atoms with Gasteiger partial charge in [0.1, 0.15) is 11.5 Å². The molecule has 30 heavy (non-hydrogen) atoms. The Bertz CT molecular complexity index is 1130. The molecule has 1 aliphatic rings. The molecule has 1 fully saturated rings. The molecule has 4 rings (SSSR count). The third kappa shape index (κ3) is 3.91. The van der Waals surface area contributed by atoms with Gasteiger partial charge < -0.3 is 4.90 Å². The number of anilines is 1. The van der Waals surface area contributed by atoms with Crippen LogP contribution >= 0.6 is 23.2 Å². The van der Waals surface area contributed by atoms with Gasteiger partial charge in [-0.2, -0.15) is 5.10 Å². The molecule has 0 atom stereocenters. The molecule has 3 aromatic rings. The van der Waals surface area contributed by atoms with Gasteiger partial charge in [-0.25, -0.2) is 13.2 Å². The minimum Gasteiger partial charge on any atom is -0.305 e. The van der Waals surface area contributed by atoms with E-state index in [2.05, 4.69) is 5.10 Å². The summed E-state index contributed by atoms with van der Waals surface area (Å²) in [7, 11) is 1.48. The lowest BCUT2D eigenvalue weighted by Gasteiger charge is -2.25. The van der Waals surface area contributed by atoms with Crippen molar-refractivity contribution in [3.8, 4) is 11.1 Å². The van der Waals surface area contributed by atoms with Crippen molar-refractivity contribution in [3.63, 3.8) is 0 Å². The van der Waals surface area contributed by atoms with Crippen LogP contribution in [0.1, 0.15) is 35.3 Å². The SMILES string of the molecule is Cn1cc(C(=O)N(c2ccc(F)cc2-c2ccc(Cl)c(Cl)c2)C2CC2)c(C(F)F)n1. The molecule has 1 aliphatic carbocycles. The van der Waals surface area contributed by atoms with Gasteiger partial charge >= 0.3 is 0 Å². The highest BCUT2D eigenvalue weighted by molar-refractivity contribution is 6.42. The summed E-state index contributed by atoms with van der Waals surface area (Å²) in [4.78, 5) is 14.8. The van der Waals surface area contributed by atoms with Crippen LogP contribution in [-0.4, -0.2) is 21.7 Å². The number of alkyl halides is 2. The number of aryl methyl sites for hydroxylation is 1. The van der Waals surface area contributed by atoms with Gasteiger partial charge in [-0.3, -0.25) is 9.48 Å². The van der Waals surface area contributed by atoms with E-state index in [4.69, 9.17) is 23.2 Å². The molecule has 0 spiro atoms. The number of carbonyl (C=O) groups excluding carboxylic acids is 1. The molecule has 0 unspecified atom stereocenters. The Morgan fingerprint density at radius 3 is 2.53 bits per heavy atom. The van der Waals surface area contributed by atoms with Gasteiger partial charge in [0, 0.05) is 24.8 Å². The number of amides is 1. The Labute approximate surface area is 180 Å². The third-order valence-electron chi connectivity index (χ3n) is 4.87. The molecule has 0 aliphatic heterocycles. The maximum atomic E-state index is 14.1. The first-order valence-electron chi connectivity index (χ1n) is 9.16.